The van der Waals surface area contributed by atoms with E-state index in [1.807, 2.05) is 31.2 Å². The molecule has 144 valence electrons. The minimum atomic E-state index is -0.0405. The first-order valence-corrected chi connectivity index (χ1v) is 9.41. The van der Waals surface area contributed by atoms with Gasteiger partial charge in [-0.3, -0.25) is 4.79 Å². The molecule has 0 aliphatic rings. The molecule has 0 atom stereocenters. The molecule has 3 aromatic heterocycles. The number of carbonyl (C=O) groups is 1. The first kappa shape index (κ1) is 18.2. The molecule has 0 radical (unpaired) electrons. The van der Waals surface area contributed by atoms with Crippen molar-refractivity contribution in [1.82, 2.24) is 24.5 Å². The molecule has 0 bridgehead atoms. The van der Waals surface area contributed by atoms with E-state index in [9.17, 15) is 4.79 Å². The lowest BCUT2D eigenvalue weighted by Gasteiger charge is -2.08. The van der Waals surface area contributed by atoms with E-state index >= 15 is 0 Å². The van der Waals surface area contributed by atoms with Crippen LogP contribution in [0.5, 0.6) is 11.5 Å². The first-order valence-electron chi connectivity index (χ1n) is 8.59. The summed E-state index contributed by atoms with van der Waals surface area (Å²) in [7, 11) is 5.09. The molecule has 0 aliphatic carbocycles. The van der Waals surface area contributed by atoms with Crippen molar-refractivity contribution in [2.75, 3.05) is 21.2 Å². The number of benzene rings is 1. The number of rotatable bonds is 5. The largest absolute Gasteiger partial charge is 0.497 e. The highest BCUT2D eigenvalue weighted by Gasteiger charge is 2.21. The van der Waals surface area contributed by atoms with Gasteiger partial charge < -0.3 is 14.4 Å². The maximum absolute atomic E-state index is 12.4. The monoisotopic (exact) mass is 397 g/mol. The molecule has 8 nitrogen and oxygen atoms in total. The Hall–Kier alpha value is -3.20. The molecule has 3 heterocycles. The standard InChI is InChI=1S/C19H19N5O3S/c1-11-15-17-21-14(9-27-13-7-5-12(26-4)6-8-13)22-24(17)10-20-18(15)28-16(11)19(25)23(2)3/h5-8,10H,9H2,1-4H3. The van der Waals surface area contributed by atoms with Crippen molar-refractivity contribution in [2.45, 2.75) is 13.5 Å². The van der Waals surface area contributed by atoms with Gasteiger partial charge in [0.15, 0.2) is 11.5 Å². The third kappa shape index (κ3) is 3.13. The van der Waals surface area contributed by atoms with Crippen LogP contribution in [0.15, 0.2) is 30.6 Å². The topological polar surface area (TPSA) is 81.9 Å². The molecule has 4 rings (SSSR count). The summed E-state index contributed by atoms with van der Waals surface area (Å²) in [5.41, 5.74) is 1.54. The average molecular weight is 397 g/mol. The van der Waals surface area contributed by atoms with Gasteiger partial charge in [-0.05, 0) is 36.8 Å². The Morgan fingerprint density at radius 2 is 1.93 bits per heavy atom. The Bertz CT molecular complexity index is 1160. The van der Waals surface area contributed by atoms with Crippen LogP contribution in [0.1, 0.15) is 21.1 Å². The van der Waals surface area contributed by atoms with Crippen molar-refractivity contribution in [3.8, 4) is 11.5 Å². The van der Waals surface area contributed by atoms with E-state index in [-0.39, 0.29) is 12.5 Å². The number of methoxy groups -OCH3 is 1. The quantitative estimate of drug-likeness (QED) is 0.515. The third-order valence-corrected chi connectivity index (χ3v) is 5.53. The van der Waals surface area contributed by atoms with Crippen LogP contribution in [-0.2, 0) is 6.61 Å². The summed E-state index contributed by atoms with van der Waals surface area (Å²) >= 11 is 1.37. The molecule has 0 spiro atoms. The van der Waals surface area contributed by atoms with Gasteiger partial charge in [0.1, 0.15) is 29.3 Å². The first-order chi connectivity index (χ1) is 13.5. The Morgan fingerprint density at radius 3 is 2.61 bits per heavy atom. The van der Waals surface area contributed by atoms with E-state index in [0.717, 1.165) is 21.5 Å². The maximum atomic E-state index is 12.4. The fraction of sp³-hybridized carbons (Fsp3) is 0.263. The number of aryl methyl sites for hydroxylation is 1. The summed E-state index contributed by atoms with van der Waals surface area (Å²) in [5.74, 6) is 1.97. The number of aromatic nitrogens is 4. The van der Waals surface area contributed by atoms with Crippen molar-refractivity contribution in [3.63, 3.8) is 0 Å². The van der Waals surface area contributed by atoms with Gasteiger partial charge in [-0.25, -0.2) is 14.5 Å². The summed E-state index contributed by atoms with van der Waals surface area (Å²) in [4.78, 5) is 24.5. The van der Waals surface area contributed by atoms with E-state index in [4.69, 9.17) is 9.47 Å². The summed E-state index contributed by atoms with van der Waals surface area (Å²) < 4.78 is 12.5. The fourth-order valence-corrected chi connectivity index (χ4v) is 4.03. The number of carbonyl (C=O) groups excluding carboxylic acids is 1. The minimum Gasteiger partial charge on any atom is -0.497 e. The van der Waals surface area contributed by atoms with Crippen molar-refractivity contribution in [3.05, 3.63) is 46.9 Å². The van der Waals surface area contributed by atoms with Gasteiger partial charge in [0.25, 0.3) is 5.91 Å². The van der Waals surface area contributed by atoms with Crippen LogP contribution in [0, 0.1) is 6.92 Å². The Labute approximate surface area is 165 Å². The molecule has 9 heteroatoms. The fourth-order valence-electron chi connectivity index (χ4n) is 2.87. The second kappa shape index (κ2) is 7.08. The summed E-state index contributed by atoms with van der Waals surface area (Å²) in [6.45, 7) is 2.14. The molecule has 0 aliphatic heterocycles. The van der Waals surface area contributed by atoms with E-state index in [1.54, 1.807) is 36.9 Å². The molecule has 28 heavy (non-hydrogen) atoms. The Balaban J connectivity index is 1.66. The van der Waals surface area contributed by atoms with Crippen LogP contribution < -0.4 is 9.47 Å². The van der Waals surface area contributed by atoms with E-state index < -0.39 is 0 Å². The zero-order valence-electron chi connectivity index (χ0n) is 16.0. The van der Waals surface area contributed by atoms with Gasteiger partial charge in [0.2, 0.25) is 0 Å². The molecule has 0 unspecified atom stereocenters. The number of nitrogens with zero attached hydrogens (tertiary/aromatic N) is 5. The second-order valence-corrected chi connectivity index (χ2v) is 7.44. The van der Waals surface area contributed by atoms with E-state index in [0.29, 0.717) is 22.1 Å². The number of amides is 1. The molecular weight excluding hydrogens is 378 g/mol. The van der Waals surface area contributed by atoms with Gasteiger partial charge in [0, 0.05) is 14.1 Å². The van der Waals surface area contributed by atoms with Crippen LogP contribution in [0.2, 0.25) is 0 Å². The molecule has 0 saturated carbocycles. The van der Waals surface area contributed by atoms with E-state index in [1.165, 1.54) is 11.3 Å². The Kier molecular flexibility index (Phi) is 4.60. The molecule has 0 saturated heterocycles. The number of hydrogen-bond acceptors (Lipinski definition) is 7. The van der Waals surface area contributed by atoms with Crippen LogP contribution in [0.4, 0.5) is 0 Å². The van der Waals surface area contributed by atoms with Crippen LogP contribution >= 0.6 is 11.3 Å². The Morgan fingerprint density at radius 1 is 1.21 bits per heavy atom. The number of ether oxygens (including phenoxy) is 2. The molecule has 0 N–H and O–H groups in total. The minimum absolute atomic E-state index is 0.0405. The van der Waals surface area contributed by atoms with Gasteiger partial charge in [-0.1, -0.05) is 0 Å². The number of fused-ring (bicyclic) bond motifs is 3. The number of hydrogen-bond donors (Lipinski definition) is 0. The molecule has 0 fully saturated rings. The van der Waals surface area contributed by atoms with Crippen molar-refractivity contribution >= 4 is 33.1 Å². The van der Waals surface area contributed by atoms with Gasteiger partial charge in [0.05, 0.1) is 17.4 Å². The van der Waals surface area contributed by atoms with Crippen molar-refractivity contribution in [1.29, 1.82) is 0 Å². The normalized spacial score (nSPS) is 11.1. The van der Waals surface area contributed by atoms with Crippen molar-refractivity contribution in [2.24, 2.45) is 0 Å². The van der Waals surface area contributed by atoms with Crippen LogP contribution in [-0.4, -0.2) is 51.6 Å². The molecular formula is C19H19N5O3S. The zero-order chi connectivity index (χ0) is 19.8. The molecule has 1 amide bonds. The summed E-state index contributed by atoms with van der Waals surface area (Å²) in [6.07, 6.45) is 1.61. The summed E-state index contributed by atoms with van der Waals surface area (Å²) in [6, 6.07) is 7.32. The lowest BCUT2D eigenvalue weighted by atomic mass is 10.2. The van der Waals surface area contributed by atoms with Crippen LogP contribution in [0.3, 0.4) is 0 Å². The average Bonchev–Trinajstić information content (AvgIpc) is 3.26. The van der Waals surface area contributed by atoms with Gasteiger partial charge in [-0.2, -0.15) is 0 Å². The lowest BCUT2D eigenvalue weighted by Crippen LogP contribution is -2.21. The second-order valence-electron chi connectivity index (χ2n) is 6.44. The van der Waals surface area contributed by atoms with Gasteiger partial charge in [-0.15, -0.1) is 16.4 Å². The van der Waals surface area contributed by atoms with Crippen molar-refractivity contribution < 1.29 is 14.3 Å². The highest BCUT2D eigenvalue weighted by molar-refractivity contribution is 7.20. The van der Waals surface area contributed by atoms with Gasteiger partial charge >= 0.3 is 0 Å². The molecule has 1 aromatic carbocycles. The predicted molar refractivity (Wildman–Crippen MR) is 106 cm³/mol. The smallest absolute Gasteiger partial charge is 0.263 e. The highest BCUT2D eigenvalue weighted by atomic mass is 32.1. The summed E-state index contributed by atoms with van der Waals surface area (Å²) in [5, 5.41) is 5.29. The third-order valence-electron chi connectivity index (χ3n) is 4.34. The maximum Gasteiger partial charge on any atom is 0.263 e. The SMILES string of the molecule is COc1ccc(OCc2nc3c4c(C)c(C(=O)N(C)C)sc4ncn3n2)cc1. The van der Waals surface area contributed by atoms with Crippen LogP contribution in [0.25, 0.3) is 15.9 Å². The number of thiophene rings is 1. The highest BCUT2D eigenvalue weighted by Crippen LogP contribution is 2.32. The molecule has 4 aromatic rings. The predicted octanol–water partition coefficient (Wildman–Crippen LogP) is 2.94. The zero-order valence-corrected chi connectivity index (χ0v) is 16.8. The van der Waals surface area contributed by atoms with E-state index in [2.05, 4.69) is 15.1 Å². The lowest BCUT2D eigenvalue weighted by molar-refractivity contribution is 0.0831.